The molecule has 7 heteroatoms. The van der Waals surface area contributed by atoms with E-state index in [1.54, 1.807) is 42.5 Å². The predicted molar refractivity (Wildman–Crippen MR) is 127 cm³/mol. The maximum atomic E-state index is 12.8. The number of nitrogens with one attached hydrogen (secondary N) is 3. The summed E-state index contributed by atoms with van der Waals surface area (Å²) in [5.74, 6) is 0.291. The molecule has 0 atom stereocenters. The third-order valence-corrected chi connectivity index (χ3v) is 5.58. The van der Waals surface area contributed by atoms with Crippen LogP contribution in [0.15, 0.2) is 48.5 Å². The minimum Gasteiger partial charge on any atom is -0.376 e. The lowest BCUT2D eigenvalue weighted by atomic mass is 9.98. The molecule has 2 aromatic carbocycles. The summed E-state index contributed by atoms with van der Waals surface area (Å²) >= 11 is 0. The van der Waals surface area contributed by atoms with Crippen molar-refractivity contribution in [3.8, 4) is 0 Å². The summed E-state index contributed by atoms with van der Waals surface area (Å²) in [6.45, 7) is 6.42. The second kappa shape index (κ2) is 11.3. The lowest BCUT2D eigenvalue weighted by Crippen LogP contribution is -2.37. The summed E-state index contributed by atoms with van der Waals surface area (Å²) in [4.78, 5) is 39.2. The summed E-state index contributed by atoms with van der Waals surface area (Å²) in [6, 6.07) is 14.1. The zero-order valence-electron chi connectivity index (χ0n) is 18.8. The number of likely N-dealkylation sites (tertiary alicyclic amines) is 1. The van der Waals surface area contributed by atoms with Crippen LogP contribution < -0.4 is 16.0 Å². The van der Waals surface area contributed by atoms with E-state index in [1.807, 2.05) is 17.9 Å². The van der Waals surface area contributed by atoms with E-state index < -0.39 is 0 Å². The highest BCUT2D eigenvalue weighted by Gasteiger charge is 2.21. The first kappa shape index (κ1) is 23.3. The van der Waals surface area contributed by atoms with Gasteiger partial charge in [-0.3, -0.25) is 14.4 Å². The Morgan fingerprint density at radius 3 is 2.34 bits per heavy atom. The highest BCUT2D eigenvalue weighted by molar-refractivity contribution is 5.98. The molecule has 3 amide bonds. The zero-order chi connectivity index (χ0) is 22.9. The lowest BCUT2D eigenvalue weighted by molar-refractivity contribution is -0.114. The van der Waals surface area contributed by atoms with Crippen molar-refractivity contribution >= 4 is 29.1 Å². The standard InChI is InChI=1S/C25H32N4O3/c1-3-12-26-24(31)19-6-4-8-21(15-19)27-17-23(30)28-22-9-5-7-20(16-22)25(32)29-13-10-18(2)11-14-29/h4-9,15-16,18,27H,3,10-14,17H2,1-2H3,(H,26,31)(H,28,30). The topological polar surface area (TPSA) is 90.5 Å². The van der Waals surface area contributed by atoms with Crippen LogP contribution in [0.4, 0.5) is 11.4 Å². The van der Waals surface area contributed by atoms with Crippen LogP contribution in [0.25, 0.3) is 0 Å². The van der Waals surface area contributed by atoms with Gasteiger partial charge in [0.15, 0.2) is 0 Å². The molecule has 1 saturated heterocycles. The Balaban J connectivity index is 1.54. The van der Waals surface area contributed by atoms with E-state index in [4.69, 9.17) is 0 Å². The SMILES string of the molecule is CCCNC(=O)c1cccc(NCC(=O)Nc2cccc(C(=O)N3CCC(C)CC3)c2)c1. The molecular weight excluding hydrogens is 404 g/mol. The van der Waals surface area contributed by atoms with Crippen molar-refractivity contribution < 1.29 is 14.4 Å². The molecule has 0 unspecified atom stereocenters. The van der Waals surface area contributed by atoms with Crippen molar-refractivity contribution in [3.63, 3.8) is 0 Å². The molecule has 32 heavy (non-hydrogen) atoms. The number of carbonyl (C=O) groups excluding carboxylic acids is 3. The number of piperidine rings is 1. The van der Waals surface area contributed by atoms with Gasteiger partial charge < -0.3 is 20.9 Å². The summed E-state index contributed by atoms with van der Waals surface area (Å²) < 4.78 is 0. The van der Waals surface area contributed by atoms with Crippen LogP contribution in [-0.4, -0.2) is 48.8 Å². The Kier molecular flexibility index (Phi) is 8.25. The van der Waals surface area contributed by atoms with Crippen LogP contribution in [0.3, 0.4) is 0 Å². The van der Waals surface area contributed by atoms with Crippen LogP contribution in [0.5, 0.6) is 0 Å². The highest BCUT2D eigenvalue weighted by Crippen LogP contribution is 2.19. The number of benzene rings is 2. The smallest absolute Gasteiger partial charge is 0.253 e. The van der Waals surface area contributed by atoms with Crippen LogP contribution in [0.2, 0.25) is 0 Å². The molecule has 170 valence electrons. The quantitative estimate of drug-likeness (QED) is 0.588. The van der Waals surface area contributed by atoms with Gasteiger partial charge >= 0.3 is 0 Å². The average molecular weight is 437 g/mol. The van der Waals surface area contributed by atoms with Gasteiger partial charge in [-0.25, -0.2) is 0 Å². The van der Waals surface area contributed by atoms with Crippen molar-refractivity contribution in [1.29, 1.82) is 0 Å². The van der Waals surface area contributed by atoms with Gasteiger partial charge in [-0.05, 0) is 61.6 Å². The summed E-state index contributed by atoms with van der Waals surface area (Å²) in [7, 11) is 0. The molecule has 0 spiro atoms. The Morgan fingerprint density at radius 1 is 0.969 bits per heavy atom. The second-order valence-electron chi connectivity index (χ2n) is 8.29. The van der Waals surface area contributed by atoms with E-state index in [-0.39, 0.29) is 24.3 Å². The summed E-state index contributed by atoms with van der Waals surface area (Å²) in [5.41, 5.74) is 2.39. The summed E-state index contributed by atoms with van der Waals surface area (Å²) in [5, 5.41) is 8.71. The molecule has 1 aliphatic rings. The monoisotopic (exact) mass is 436 g/mol. The van der Waals surface area contributed by atoms with E-state index in [2.05, 4.69) is 22.9 Å². The first-order chi connectivity index (χ1) is 15.5. The van der Waals surface area contributed by atoms with Gasteiger partial charge in [0.1, 0.15) is 0 Å². The molecule has 1 aliphatic heterocycles. The van der Waals surface area contributed by atoms with Gasteiger partial charge in [-0.15, -0.1) is 0 Å². The highest BCUT2D eigenvalue weighted by atomic mass is 16.2. The molecule has 3 N–H and O–H groups in total. The fourth-order valence-corrected chi connectivity index (χ4v) is 3.62. The average Bonchev–Trinajstić information content (AvgIpc) is 2.81. The van der Waals surface area contributed by atoms with Crippen molar-refractivity contribution in [1.82, 2.24) is 10.2 Å². The molecule has 0 aliphatic carbocycles. The van der Waals surface area contributed by atoms with E-state index in [1.165, 1.54) is 0 Å². The minimum absolute atomic E-state index is 0.00397. The van der Waals surface area contributed by atoms with Crippen LogP contribution in [0.1, 0.15) is 53.8 Å². The minimum atomic E-state index is -0.234. The first-order valence-corrected chi connectivity index (χ1v) is 11.3. The molecule has 0 radical (unpaired) electrons. The van der Waals surface area contributed by atoms with Gasteiger partial charge in [0.05, 0.1) is 6.54 Å². The number of rotatable bonds is 8. The normalized spacial score (nSPS) is 14.0. The predicted octanol–water partition coefficient (Wildman–Crippen LogP) is 3.75. The van der Waals surface area contributed by atoms with Gasteiger partial charge in [0, 0.05) is 42.1 Å². The van der Waals surface area contributed by atoms with Gasteiger partial charge in [0.25, 0.3) is 11.8 Å². The van der Waals surface area contributed by atoms with Crippen molar-refractivity contribution in [2.45, 2.75) is 33.1 Å². The van der Waals surface area contributed by atoms with E-state index >= 15 is 0 Å². The molecule has 7 nitrogen and oxygen atoms in total. The lowest BCUT2D eigenvalue weighted by Gasteiger charge is -2.30. The molecule has 0 saturated carbocycles. The molecule has 2 aromatic rings. The first-order valence-electron chi connectivity index (χ1n) is 11.3. The van der Waals surface area contributed by atoms with Crippen molar-refractivity contribution in [2.75, 3.05) is 36.8 Å². The number of hydrogen-bond acceptors (Lipinski definition) is 4. The van der Waals surface area contributed by atoms with Crippen LogP contribution in [0, 0.1) is 5.92 Å². The molecule has 0 bridgehead atoms. The number of hydrogen-bond donors (Lipinski definition) is 3. The van der Waals surface area contributed by atoms with Crippen molar-refractivity contribution in [3.05, 3.63) is 59.7 Å². The Hall–Kier alpha value is -3.35. The van der Waals surface area contributed by atoms with Crippen LogP contribution >= 0.6 is 0 Å². The zero-order valence-corrected chi connectivity index (χ0v) is 18.8. The fourth-order valence-electron chi connectivity index (χ4n) is 3.62. The van der Waals surface area contributed by atoms with E-state index in [0.29, 0.717) is 35.0 Å². The maximum Gasteiger partial charge on any atom is 0.253 e. The number of carbonyl (C=O) groups is 3. The van der Waals surface area contributed by atoms with Gasteiger partial charge in [-0.1, -0.05) is 26.0 Å². The molecule has 0 aromatic heterocycles. The number of amides is 3. The third-order valence-electron chi connectivity index (χ3n) is 5.58. The van der Waals surface area contributed by atoms with Gasteiger partial charge in [0.2, 0.25) is 5.91 Å². The molecular formula is C25H32N4O3. The molecule has 1 fully saturated rings. The molecule has 3 rings (SSSR count). The third kappa shape index (κ3) is 6.57. The largest absolute Gasteiger partial charge is 0.376 e. The fraction of sp³-hybridized carbons (Fsp3) is 0.400. The Labute approximate surface area is 189 Å². The number of nitrogens with zero attached hydrogens (tertiary/aromatic N) is 1. The summed E-state index contributed by atoms with van der Waals surface area (Å²) in [6.07, 6.45) is 2.92. The second-order valence-corrected chi connectivity index (χ2v) is 8.29. The maximum absolute atomic E-state index is 12.8. The molecule has 1 heterocycles. The Morgan fingerprint density at radius 2 is 1.62 bits per heavy atom. The van der Waals surface area contributed by atoms with E-state index in [9.17, 15) is 14.4 Å². The van der Waals surface area contributed by atoms with Gasteiger partial charge in [-0.2, -0.15) is 0 Å². The van der Waals surface area contributed by atoms with Crippen molar-refractivity contribution in [2.24, 2.45) is 5.92 Å². The van der Waals surface area contributed by atoms with E-state index in [0.717, 1.165) is 32.4 Å². The number of anilines is 2. The Bertz CT molecular complexity index is 952. The van der Waals surface area contributed by atoms with Crippen LogP contribution in [-0.2, 0) is 4.79 Å².